The van der Waals surface area contributed by atoms with Gasteiger partial charge in [-0.25, -0.2) is 0 Å². The predicted octanol–water partition coefficient (Wildman–Crippen LogP) is 3.02. The maximum atomic E-state index is 12.3. The van der Waals surface area contributed by atoms with Crippen LogP contribution in [-0.2, 0) is 11.2 Å². The molecule has 1 N–H and O–H groups in total. The van der Waals surface area contributed by atoms with E-state index in [1.807, 2.05) is 27.8 Å². The summed E-state index contributed by atoms with van der Waals surface area (Å²) in [7, 11) is 0. The molecule has 0 aromatic carbocycles. The zero-order valence-corrected chi connectivity index (χ0v) is 14.5. The number of amides is 2. The van der Waals surface area contributed by atoms with Crippen LogP contribution in [0, 0.1) is 5.92 Å². The van der Waals surface area contributed by atoms with Gasteiger partial charge in [0.25, 0.3) is 5.91 Å². The van der Waals surface area contributed by atoms with Crippen LogP contribution in [0.25, 0.3) is 0 Å². The van der Waals surface area contributed by atoms with Gasteiger partial charge in [0.1, 0.15) is 0 Å². The lowest BCUT2D eigenvalue weighted by Gasteiger charge is -2.31. The van der Waals surface area contributed by atoms with Gasteiger partial charge in [-0.15, -0.1) is 11.3 Å². The van der Waals surface area contributed by atoms with Crippen molar-refractivity contribution < 1.29 is 9.59 Å². The Hall–Kier alpha value is -1.66. The number of thiophene rings is 2. The highest BCUT2D eigenvalue weighted by Gasteiger charge is 2.27. The van der Waals surface area contributed by atoms with Crippen molar-refractivity contribution in [1.82, 2.24) is 10.2 Å². The van der Waals surface area contributed by atoms with Crippen LogP contribution in [-0.4, -0.2) is 36.3 Å². The number of carbonyl (C=O) groups is 2. The lowest BCUT2D eigenvalue weighted by atomic mass is 9.95. The molecular formula is C17H20N2O2S2. The zero-order valence-electron chi connectivity index (χ0n) is 12.9. The summed E-state index contributed by atoms with van der Waals surface area (Å²) < 4.78 is 0. The van der Waals surface area contributed by atoms with Crippen LogP contribution in [0.1, 0.15) is 28.1 Å². The summed E-state index contributed by atoms with van der Waals surface area (Å²) >= 11 is 3.25. The first kappa shape index (κ1) is 16.2. The fourth-order valence-corrected chi connectivity index (χ4v) is 4.16. The second kappa shape index (κ2) is 7.75. The summed E-state index contributed by atoms with van der Waals surface area (Å²) in [5, 5.41) is 8.88. The summed E-state index contributed by atoms with van der Waals surface area (Å²) in [6, 6.07) is 5.98. The van der Waals surface area contributed by atoms with E-state index in [1.54, 1.807) is 11.3 Å². The van der Waals surface area contributed by atoms with Gasteiger partial charge < -0.3 is 10.2 Å². The Labute approximate surface area is 144 Å². The summed E-state index contributed by atoms with van der Waals surface area (Å²) in [6.07, 6.45) is 2.39. The minimum atomic E-state index is 0.0323. The molecule has 1 fully saturated rings. The van der Waals surface area contributed by atoms with Crippen LogP contribution in [0.2, 0.25) is 0 Å². The third-order valence-corrected chi connectivity index (χ3v) is 5.79. The molecule has 0 saturated carbocycles. The molecule has 1 saturated heterocycles. The lowest BCUT2D eigenvalue weighted by molar-refractivity contribution is -0.126. The van der Waals surface area contributed by atoms with Gasteiger partial charge in [-0.2, -0.15) is 11.3 Å². The SMILES string of the molecule is O=C(NCCc1cccs1)C1CCN(C(=O)c2ccsc2)CC1. The molecule has 1 aliphatic rings. The van der Waals surface area contributed by atoms with Crippen LogP contribution < -0.4 is 5.32 Å². The van der Waals surface area contributed by atoms with Crippen molar-refractivity contribution in [1.29, 1.82) is 0 Å². The van der Waals surface area contributed by atoms with E-state index in [-0.39, 0.29) is 17.7 Å². The van der Waals surface area contributed by atoms with Gasteiger partial charge in [-0.3, -0.25) is 9.59 Å². The Bertz CT molecular complexity index is 630. The largest absolute Gasteiger partial charge is 0.355 e. The van der Waals surface area contributed by atoms with Crippen LogP contribution in [0.4, 0.5) is 0 Å². The molecule has 1 aliphatic heterocycles. The summed E-state index contributed by atoms with van der Waals surface area (Å²) in [6.45, 7) is 2.02. The van der Waals surface area contributed by atoms with Crippen molar-refractivity contribution in [2.75, 3.05) is 19.6 Å². The van der Waals surface area contributed by atoms with E-state index >= 15 is 0 Å². The fraction of sp³-hybridized carbons (Fsp3) is 0.412. The Morgan fingerprint density at radius 2 is 2.04 bits per heavy atom. The highest BCUT2D eigenvalue weighted by atomic mass is 32.1. The second-order valence-electron chi connectivity index (χ2n) is 5.70. The molecule has 3 rings (SSSR count). The van der Waals surface area contributed by atoms with Gasteiger partial charge in [0, 0.05) is 35.8 Å². The Kier molecular flexibility index (Phi) is 5.46. The number of nitrogens with one attached hydrogen (secondary N) is 1. The van der Waals surface area contributed by atoms with Gasteiger partial charge in [0.2, 0.25) is 5.91 Å². The van der Waals surface area contributed by atoms with Crippen molar-refractivity contribution in [2.24, 2.45) is 5.92 Å². The average Bonchev–Trinajstić information content (AvgIpc) is 3.28. The van der Waals surface area contributed by atoms with Crippen LogP contribution in [0.15, 0.2) is 34.3 Å². The number of hydrogen-bond acceptors (Lipinski definition) is 4. The van der Waals surface area contributed by atoms with E-state index in [2.05, 4.69) is 16.8 Å². The van der Waals surface area contributed by atoms with E-state index in [0.717, 1.165) is 24.8 Å². The second-order valence-corrected chi connectivity index (χ2v) is 7.51. The number of nitrogens with zero attached hydrogens (tertiary/aromatic N) is 1. The summed E-state index contributed by atoms with van der Waals surface area (Å²) in [4.78, 5) is 27.6. The normalized spacial score (nSPS) is 15.6. The third-order valence-electron chi connectivity index (χ3n) is 4.17. The summed E-state index contributed by atoms with van der Waals surface area (Å²) in [5.41, 5.74) is 0.758. The maximum absolute atomic E-state index is 12.3. The van der Waals surface area contributed by atoms with Gasteiger partial charge in [-0.1, -0.05) is 6.07 Å². The molecule has 2 aromatic heterocycles. The number of likely N-dealkylation sites (tertiary alicyclic amines) is 1. The molecule has 0 bridgehead atoms. The number of rotatable bonds is 5. The van der Waals surface area contributed by atoms with E-state index in [9.17, 15) is 9.59 Å². The van der Waals surface area contributed by atoms with E-state index in [1.165, 1.54) is 16.2 Å². The quantitative estimate of drug-likeness (QED) is 0.903. The molecule has 4 nitrogen and oxygen atoms in total. The highest BCUT2D eigenvalue weighted by Crippen LogP contribution is 2.20. The third kappa shape index (κ3) is 4.20. The van der Waals surface area contributed by atoms with Crippen molar-refractivity contribution in [2.45, 2.75) is 19.3 Å². The first-order valence-electron chi connectivity index (χ1n) is 7.85. The smallest absolute Gasteiger partial charge is 0.254 e. The molecule has 0 atom stereocenters. The summed E-state index contributed by atoms with van der Waals surface area (Å²) in [5.74, 6) is 0.247. The van der Waals surface area contributed by atoms with Crippen LogP contribution in [0.3, 0.4) is 0 Å². The van der Waals surface area contributed by atoms with Gasteiger partial charge in [0.05, 0.1) is 5.56 Å². The zero-order chi connectivity index (χ0) is 16.1. The fourth-order valence-electron chi connectivity index (χ4n) is 2.82. The molecule has 2 aromatic rings. The molecule has 122 valence electrons. The van der Waals surface area contributed by atoms with Gasteiger partial charge in [-0.05, 0) is 42.2 Å². The minimum Gasteiger partial charge on any atom is -0.355 e. The number of hydrogen-bond donors (Lipinski definition) is 1. The molecule has 3 heterocycles. The Morgan fingerprint density at radius 3 is 2.70 bits per heavy atom. The molecule has 0 aliphatic carbocycles. The first-order chi connectivity index (χ1) is 11.2. The van der Waals surface area contributed by atoms with Gasteiger partial charge >= 0.3 is 0 Å². The van der Waals surface area contributed by atoms with Crippen molar-refractivity contribution in [3.05, 3.63) is 44.8 Å². The standard InChI is InChI=1S/C17H20N2O2S2/c20-16(18-7-3-15-2-1-10-23-15)13-4-8-19(9-5-13)17(21)14-6-11-22-12-14/h1-2,6,10-13H,3-5,7-9H2,(H,18,20). The average molecular weight is 348 g/mol. The maximum Gasteiger partial charge on any atom is 0.254 e. The topological polar surface area (TPSA) is 49.4 Å². The highest BCUT2D eigenvalue weighted by molar-refractivity contribution is 7.09. The molecule has 23 heavy (non-hydrogen) atoms. The van der Waals surface area contributed by atoms with Gasteiger partial charge in [0.15, 0.2) is 0 Å². The van der Waals surface area contributed by atoms with Crippen LogP contribution >= 0.6 is 22.7 Å². The monoisotopic (exact) mass is 348 g/mol. The number of piperidine rings is 1. The molecule has 0 radical (unpaired) electrons. The lowest BCUT2D eigenvalue weighted by Crippen LogP contribution is -2.43. The first-order valence-corrected chi connectivity index (χ1v) is 9.68. The van der Waals surface area contributed by atoms with E-state index < -0.39 is 0 Å². The Morgan fingerprint density at radius 1 is 1.22 bits per heavy atom. The minimum absolute atomic E-state index is 0.0323. The van der Waals surface area contributed by atoms with Crippen molar-refractivity contribution >= 4 is 34.5 Å². The molecule has 2 amide bonds. The Balaban J connectivity index is 1.41. The molecular weight excluding hydrogens is 328 g/mol. The van der Waals surface area contributed by atoms with Crippen molar-refractivity contribution in [3.63, 3.8) is 0 Å². The predicted molar refractivity (Wildman–Crippen MR) is 94.0 cm³/mol. The van der Waals surface area contributed by atoms with Crippen LogP contribution in [0.5, 0.6) is 0 Å². The van der Waals surface area contributed by atoms with Crippen molar-refractivity contribution in [3.8, 4) is 0 Å². The van der Waals surface area contributed by atoms with E-state index in [4.69, 9.17) is 0 Å². The molecule has 0 unspecified atom stereocenters. The number of carbonyl (C=O) groups excluding carboxylic acids is 2. The van der Waals surface area contributed by atoms with E-state index in [0.29, 0.717) is 19.6 Å². The molecule has 0 spiro atoms. The molecule has 6 heteroatoms.